The molecule has 0 aliphatic rings. The number of rotatable bonds is 4. The molecule has 0 bridgehead atoms. The number of carbonyl (C=O) groups excluding carboxylic acids is 1. The lowest BCUT2D eigenvalue weighted by atomic mass is 9.97. The van der Waals surface area contributed by atoms with Gasteiger partial charge in [0, 0.05) is 32.4 Å². The number of para-hydroxylation sites is 1. The van der Waals surface area contributed by atoms with Crippen LogP contribution in [0, 0.1) is 0 Å². The van der Waals surface area contributed by atoms with Crippen LogP contribution in [0.4, 0.5) is 5.69 Å². The van der Waals surface area contributed by atoms with E-state index in [1.807, 2.05) is 54.6 Å². The van der Waals surface area contributed by atoms with Gasteiger partial charge in [-0.25, -0.2) is 0 Å². The molecule has 4 nitrogen and oxygen atoms in total. The Morgan fingerprint density at radius 2 is 1.35 bits per heavy atom. The van der Waals surface area contributed by atoms with Crippen LogP contribution in [0.15, 0.2) is 95.5 Å². The summed E-state index contributed by atoms with van der Waals surface area (Å²) in [6, 6.07) is 29.4. The smallest absolute Gasteiger partial charge is 0.255 e. The molecular formula is C25H16BrN3OS. The van der Waals surface area contributed by atoms with Gasteiger partial charge >= 0.3 is 0 Å². The van der Waals surface area contributed by atoms with E-state index in [0.717, 1.165) is 43.4 Å². The van der Waals surface area contributed by atoms with E-state index in [0.29, 0.717) is 5.56 Å². The Labute approximate surface area is 192 Å². The third-order valence-electron chi connectivity index (χ3n) is 5.07. The van der Waals surface area contributed by atoms with Crippen molar-refractivity contribution in [3.8, 4) is 22.3 Å². The van der Waals surface area contributed by atoms with Crippen LogP contribution in [0.1, 0.15) is 10.4 Å². The fourth-order valence-corrected chi connectivity index (χ4v) is 4.40. The number of amides is 1. The lowest BCUT2D eigenvalue weighted by Gasteiger charge is -2.13. The summed E-state index contributed by atoms with van der Waals surface area (Å²) in [6.07, 6.45) is 0. The molecule has 1 aromatic heterocycles. The molecule has 0 aliphatic carbocycles. The van der Waals surface area contributed by atoms with Crippen LogP contribution < -0.4 is 5.32 Å². The summed E-state index contributed by atoms with van der Waals surface area (Å²) >= 11 is 4.60. The van der Waals surface area contributed by atoms with Crippen LogP contribution in [0.2, 0.25) is 0 Å². The predicted molar refractivity (Wildman–Crippen MR) is 130 cm³/mol. The standard InChI is InChI=1S/C25H16BrN3OS/c26-18-12-10-17(11-13-18)25(30)27-22-9-5-4-8-20(22)21-15-14-19(16-6-2-1-3-7-16)23-24(21)29-31-28-23/h1-15H,(H,27,30). The number of fused-ring (bicyclic) bond motifs is 1. The molecule has 5 rings (SSSR count). The van der Waals surface area contributed by atoms with E-state index < -0.39 is 0 Å². The molecular weight excluding hydrogens is 470 g/mol. The summed E-state index contributed by atoms with van der Waals surface area (Å²) in [5.74, 6) is -0.159. The van der Waals surface area contributed by atoms with Crippen molar-refractivity contribution < 1.29 is 4.79 Å². The number of nitrogens with zero attached hydrogens (tertiary/aromatic N) is 2. The second-order valence-corrected chi connectivity index (χ2v) is 8.44. The molecule has 1 N–H and O–H groups in total. The molecule has 6 heteroatoms. The number of hydrogen-bond donors (Lipinski definition) is 1. The average molecular weight is 486 g/mol. The first-order valence-corrected chi connectivity index (χ1v) is 11.2. The first-order chi connectivity index (χ1) is 15.2. The van der Waals surface area contributed by atoms with E-state index in [2.05, 4.69) is 54.3 Å². The normalized spacial score (nSPS) is 10.9. The molecule has 0 saturated carbocycles. The van der Waals surface area contributed by atoms with E-state index >= 15 is 0 Å². The Hall–Kier alpha value is -3.35. The van der Waals surface area contributed by atoms with Crippen LogP contribution in [0.5, 0.6) is 0 Å². The molecule has 1 heterocycles. The number of aromatic nitrogens is 2. The maximum Gasteiger partial charge on any atom is 0.255 e. The van der Waals surface area contributed by atoms with Gasteiger partial charge in [-0.2, -0.15) is 8.75 Å². The fourth-order valence-electron chi connectivity index (χ4n) is 3.56. The quantitative estimate of drug-likeness (QED) is 0.297. The Morgan fingerprint density at radius 3 is 2.13 bits per heavy atom. The predicted octanol–water partition coefficient (Wildman–Crippen LogP) is 7.04. The van der Waals surface area contributed by atoms with Crippen molar-refractivity contribution >= 4 is 50.3 Å². The van der Waals surface area contributed by atoms with Gasteiger partial charge < -0.3 is 5.32 Å². The third kappa shape index (κ3) is 3.87. The SMILES string of the molecule is O=C(Nc1ccccc1-c1ccc(-c2ccccc2)c2nsnc12)c1ccc(Br)cc1. The molecule has 1 amide bonds. The maximum atomic E-state index is 12.8. The molecule has 0 spiro atoms. The lowest BCUT2D eigenvalue weighted by Crippen LogP contribution is -2.12. The summed E-state index contributed by atoms with van der Waals surface area (Å²) in [6.45, 7) is 0. The second kappa shape index (κ2) is 8.41. The zero-order chi connectivity index (χ0) is 21.2. The van der Waals surface area contributed by atoms with Gasteiger partial charge in [0.25, 0.3) is 5.91 Å². The Kier molecular flexibility index (Phi) is 5.32. The highest BCUT2D eigenvalue weighted by atomic mass is 79.9. The van der Waals surface area contributed by atoms with Crippen LogP contribution >= 0.6 is 27.7 Å². The summed E-state index contributed by atoms with van der Waals surface area (Å²) in [5, 5.41) is 3.05. The highest BCUT2D eigenvalue weighted by Crippen LogP contribution is 2.37. The number of benzene rings is 4. The van der Waals surface area contributed by atoms with E-state index in [-0.39, 0.29) is 5.91 Å². The van der Waals surface area contributed by atoms with Crippen LogP contribution in [0.3, 0.4) is 0 Å². The summed E-state index contributed by atoms with van der Waals surface area (Å²) < 4.78 is 10.1. The number of anilines is 1. The van der Waals surface area contributed by atoms with Crippen LogP contribution in [-0.2, 0) is 0 Å². The number of hydrogen-bond acceptors (Lipinski definition) is 4. The molecule has 0 unspecified atom stereocenters. The summed E-state index contributed by atoms with van der Waals surface area (Å²) in [5.41, 5.74) is 7.02. The minimum Gasteiger partial charge on any atom is -0.321 e. The summed E-state index contributed by atoms with van der Waals surface area (Å²) in [4.78, 5) is 12.8. The van der Waals surface area contributed by atoms with Crippen molar-refractivity contribution in [1.82, 2.24) is 8.75 Å². The molecule has 4 aromatic carbocycles. The first kappa shape index (κ1) is 19.6. The van der Waals surface area contributed by atoms with E-state index in [9.17, 15) is 4.79 Å². The highest BCUT2D eigenvalue weighted by Gasteiger charge is 2.16. The van der Waals surface area contributed by atoms with Gasteiger partial charge in [0.15, 0.2) is 0 Å². The van der Waals surface area contributed by atoms with E-state index in [1.54, 1.807) is 12.1 Å². The molecule has 150 valence electrons. The zero-order valence-electron chi connectivity index (χ0n) is 16.2. The molecule has 0 saturated heterocycles. The minimum atomic E-state index is -0.159. The molecule has 0 aliphatic heterocycles. The van der Waals surface area contributed by atoms with Crippen molar-refractivity contribution in [3.63, 3.8) is 0 Å². The van der Waals surface area contributed by atoms with Crippen molar-refractivity contribution in [2.45, 2.75) is 0 Å². The van der Waals surface area contributed by atoms with Crippen molar-refractivity contribution in [3.05, 3.63) is 101 Å². The average Bonchev–Trinajstić information content (AvgIpc) is 3.30. The number of nitrogens with one attached hydrogen (secondary N) is 1. The van der Waals surface area contributed by atoms with E-state index in [4.69, 9.17) is 0 Å². The Bertz CT molecular complexity index is 1380. The van der Waals surface area contributed by atoms with E-state index in [1.165, 1.54) is 11.7 Å². The second-order valence-electron chi connectivity index (χ2n) is 6.99. The van der Waals surface area contributed by atoms with Crippen LogP contribution in [0.25, 0.3) is 33.3 Å². The van der Waals surface area contributed by atoms with Gasteiger partial charge in [-0.05, 0) is 35.9 Å². The largest absolute Gasteiger partial charge is 0.321 e. The molecule has 0 fully saturated rings. The Morgan fingerprint density at radius 1 is 0.710 bits per heavy atom. The molecule has 5 aromatic rings. The molecule has 0 radical (unpaired) electrons. The van der Waals surface area contributed by atoms with Gasteiger partial charge in [-0.1, -0.05) is 76.6 Å². The highest BCUT2D eigenvalue weighted by molar-refractivity contribution is 9.10. The fraction of sp³-hybridized carbons (Fsp3) is 0. The van der Waals surface area contributed by atoms with Crippen LogP contribution in [-0.4, -0.2) is 14.7 Å². The number of halogens is 1. The van der Waals surface area contributed by atoms with Crippen molar-refractivity contribution in [1.29, 1.82) is 0 Å². The Balaban J connectivity index is 1.57. The topological polar surface area (TPSA) is 54.9 Å². The van der Waals surface area contributed by atoms with Crippen molar-refractivity contribution in [2.24, 2.45) is 0 Å². The first-order valence-electron chi connectivity index (χ1n) is 9.68. The third-order valence-corrected chi connectivity index (χ3v) is 6.13. The minimum absolute atomic E-state index is 0.159. The molecule has 0 atom stereocenters. The van der Waals surface area contributed by atoms with Gasteiger partial charge in [-0.3, -0.25) is 4.79 Å². The van der Waals surface area contributed by atoms with Crippen molar-refractivity contribution in [2.75, 3.05) is 5.32 Å². The van der Waals surface area contributed by atoms with Gasteiger partial charge in [-0.15, -0.1) is 0 Å². The summed E-state index contributed by atoms with van der Waals surface area (Å²) in [7, 11) is 0. The maximum absolute atomic E-state index is 12.8. The van der Waals surface area contributed by atoms with Gasteiger partial charge in [0.1, 0.15) is 11.0 Å². The molecule has 31 heavy (non-hydrogen) atoms. The lowest BCUT2D eigenvalue weighted by molar-refractivity contribution is 0.102. The van der Waals surface area contributed by atoms with Gasteiger partial charge in [0.2, 0.25) is 0 Å². The van der Waals surface area contributed by atoms with Gasteiger partial charge in [0.05, 0.1) is 11.7 Å². The zero-order valence-corrected chi connectivity index (χ0v) is 18.7. The monoisotopic (exact) mass is 485 g/mol. The number of carbonyl (C=O) groups is 1.